The van der Waals surface area contributed by atoms with Crippen molar-refractivity contribution in [1.29, 1.82) is 0 Å². The molecule has 0 aliphatic carbocycles. The normalized spacial score (nSPS) is 10.4. The molecule has 0 radical (unpaired) electrons. The number of anilines is 2. The first-order valence-corrected chi connectivity index (χ1v) is 8.74. The fourth-order valence-corrected chi connectivity index (χ4v) is 3.31. The van der Waals surface area contributed by atoms with E-state index in [2.05, 4.69) is 32.9 Å². The molecule has 0 atom stereocenters. The highest BCUT2D eigenvalue weighted by molar-refractivity contribution is 14.1. The molecular weight excluding hydrogens is 423 g/mol. The second kappa shape index (κ2) is 7.95. The van der Waals surface area contributed by atoms with Gasteiger partial charge in [0.15, 0.2) is 5.13 Å². The van der Waals surface area contributed by atoms with Gasteiger partial charge in [-0.3, -0.25) is 4.79 Å². The van der Waals surface area contributed by atoms with Crippen molar-refractivity contribution in [3.63, 3.8) is 0 Å². The summed E-state index contributed by atoms with van der Waals surface area (Å²) in [5.41, 5.74) is 1.69. The molecule has 0 aliphatic rings. The van der Waals surface area contributed by atoms with Gasteiger partial charge in [-0.1, -0.05) is 11.6 Å². The third kappa shape index (κ3) is 5.12. The predicted molar refractivity (Wildman–Crippen MR) is 94.5 cm³/mol. The third-order valence-electron chi connectivity index (χ3n) is 2.62. The molecule has 0 unspecified atom stereocenters. The van der Waals surface area contributed by atoms with E-state index in [4.69, 9.17) is 16.3 Å². The lowest BCUT2D eigenvalue weighted by molar-refractivity contribution is -0.143. The van der Waals surface area contributed by atoms with Gasteiger partial charge in [-0.25, -0.2) is 4.98 Å². The summed E-state index contributed by atoms with van der Waals surface area (Å²) in [6.45, 7) is 2.21. The van der Waals surface area contributed by atoms with E-state index in [1.807, 2.05) is 23.6 Å². The van der Waals surface area contributed by atoms with Crippen LogP contribution in [0.3, 0.4) is 0 Å². The van der Waals surface area contributed by atoms with E-state index in [-0.39, 0.29) is 5.97 Å². The minimum absolute atomic E-state index is 0.194. The quantitative estimate of drug-likeness (QED) is 0.529. The second-order valence-electron chi connectivity index (χ2n) is 4.20. The lowest BCUT2D eigenvalue weighted by Gasteiger charge is -2.05. The van der Waals surface area contributed by atoms with Crippen molar-refractivity contribution in [1.82, 2.24) is 4.98 Å². The fraction of sp³-hybridized carbons (Fsp3) is 0.286. The van der Waals surface area contributed by atoms with Gasteiger partial charge in [-0.05, 0) is 47.7 Å². The number of ether oxygens (including phenoxy) is 1. The maximum atomic E-state index is 11.3. The van der Waals surface area contributed by atoms with Crippen LogP contribution in [0.1, 0.15) is 19.0 Å². The molecule has 1 aromatic carbocycles. The average molecular weight is 437 g/mol. The van der Waals surface area contributed by atoms with Crippen LogP contribution in [0.15, 0.2) is 23.6 Å². The van der Waals surface area contributed by atoms with E-state index >= 15 is 0 Å². The summed E-state index contributed by atoms with van der Waals surface area (Å²) in [7, 11) is 0. The molecule has 1 heterocycles. The van der Waals surface area contributed by atoms with Crippen LogP contribution >= 0.6 is 45.5 Å². The topological polar surface area (TPSA) is 51.2 Å². The summed E-state index contributed by atoms with van der Waals surface area (Å²) in [5, 5.41) is 6.54. The summed E-state index contributed by atoms with van der Waals surface area (Å²) in [6, 6.07) is 5.79. The van der Waals surface area contributed by atoms with Crippen molar-refractivity contribution in [2.45, 2.75) is 19.8 Å². The summed E-state index contributed by atoms with van der Waals surface area (Å²) < 4.78 is 5.98. The molecule has 4 nitrogen and oxygen atoms in total. The minimum Gasteiger partial charge on any atom is -0.466 e. The van der Waals surface area contributed by atoms with E-state index in [9.17, 15) is 4.79 Å². The van der Waals surface area contributed by atoms with Crippen LogP contribution in [0.25, 0.3) is 0 Å². The Hall–Kier alpha value is -0.860. The largest absolute Gasteiger partial charge is 0.466 e. The van der Waals surface area contributed by atoms with Crippen LogP contribution in [0, 0.1) is 3.57 Å². The molecule has 1 aromatic heterocycles. The average Bonchev–Trinajstić information content (AvgIpc) is 2.88. The molecule has 0 aliphatic heterocycles. The molecule has 0 spiro atoms. The van der Waals surface area contributed by atoms with Gasteiger partial charge in [0.2, 0.25) is 0 Å². The van der Waals surface area contributed by atoms with Crippen molar-refractivity contribution in [2.75, 3.05) is 11.9 Å². The van der Waals surface area contributed by atoms with Crippen LogP contribution < -0.4 is 5.32 Å². The van der Waals surface area contributed by atoms with E-state index in [0.29, 0.717) is 24.5 Å². The van der Waals surface area contributed by atoms with Crippen LogP contribution in [0.5, 0.6) is 0 Å². The lowest BCUT2D eigenvalue weighted by atomic mass is 10.2. The monoisotopic (exact) mass is 436 g/mol. The Kier molecular flexibility index (Phi) is 6.25. The molecule has 21 heavy (non-hydrogen) atoms. The Morgan fingerprint density at radius 2 is 2.33 bits per heavy atom. The number of benzene rings is 1. The Morgan fingerprint density at radius 1 is 1.52 bits per heavy atom. The second-order valence-corrected chi connectivity index (χ2v) is 6.71. The Bertz CT molecular complexity index is 633. The Morgan fingerprint density at radius 3 is 3.05 bits per heavy atom. The number of rotatable bonds is 6. The highest BCUT2D eigenvalue weighted by atomic mass is 127. The third-order valence-corrected chi connectivity index (χ3v) is 4.41. The standard InChI is InChI=1S/C14H14ClIN2O2S/c1-2-20-13(19)6-4-10-8-21-14(17-10)18-12-5-3-9(16)7-11(12)15/h3,5,7-8H,2,4,6H2,1H3,(H,17,18). The first-order chi connectivity index (χ1) is 10.1. The first-order valence-electron chi connectivity index (χ1n) is 6.40. The molecule has 0 saturated heterocycles. The molecule has 112 valence electrons. The van der Waals surface area contributed by atoms with Gasteiger partial charge in [-0.15, -0.1) is 11.3 Å². The summed E-state index contributed by atoms with van der Waals surface area (Å²) in [6.07, 6.45) is 0.929. The van der Waals surface area contributed by atoms with E-state index in [1.165, 1.54) is 11.3 Å². The zero-order valence-corrected chi connectivity index (χ0v) is 15.1. The Labute approximate surface area is 146 Å². The zero-order valence-electron chi connectivity index (χ0n) is 11.4. The van der Waals surface area contributed by atoms with Gasteiger partial charge in [0, 0.05) is 15.4 Å². The summed E-state index contributed by atoms with van der Waals surface area (Å²) in [5.74, 6) is -0.194. The summed E-state index contributed by atoms with van der Waals surface area (Å²) >= 11 is 9.87. The number of aromatic nitrogens is 1. The SMILES string of the molecule is CCOC(=O)CCc1csc(Nc2ccc(I)cc2Cl)n1. The molecule has 2 aromatic rings. The molecule has 2 rings (SSSR count). The van der Waals surface area contributed by atoms with Gasteiger partial charge in [-0.2, -0.15) is 0 Å². The van der Waals surface area contributed by atoms with Crippen molar-refractivity contribution in [2.24, 2.45) is 0 Å². The van der Waals surface area contributed by atoms with Gasteiger partial charge in [0.1, 0.15) is 0 Å². The fourth-order valence-electron chi connectivity index (χ4n) is 1.65. The number of hydrogen-bond donors (Lipinski definition) is 1. The van der Waals surface area contributed by atoms with E-state index < -0.39 is 0 Å². The van der Waals surface area contributed by atoms with E-state index in [1.54, 1.807) is 6.92 Å². The zero-order chi connectivity index (χ0) is 15.2. The lowest BCUT2D eigenvalue weighted by Crippen LogP contribution is -2.05. The maximum absolute atomic E-state index is 11.3. The number of esters is 1. The first kappa shape index (κ1) is 16.5. The highest BCUT2D eigenvalue weighted by Gasteiger charge is 2.08. The summed E-state index contributed by atoms with van der Waals surface area (Å²) in [4.78, 5) is 15.8. The maximum Gasteiger partial charge on any atom is 0.306 e. The van der Waals surface area contributed by atoms with Crippen LogP contribution in [-0.2, 0) is 16.0 Å². The van der Waals surface area contributed by atoms with Crippen molar-refractivity contribution in [3.05, 3.63) is 37.9 Å². The molecule has 0 saturated carbocycles. The minimum atomic E-state index is -0.194. The number of nitrogens with one attached hydrogen (secondary N) is 1. The van der Waals surface area contributed by atoms with Gasteiger partial charge < -0.3 is 10.1 Å². The molecule has 0 fully saturated rings. The molecule has 1 N–H and O–H groups in total. The number of carbonyl (C=O) groups is 1. The number of nitrogens with zero attached hydrogens (tertiary/aromatic N) is 1. The van der Waals surface area contributed by atoms with Crippen LogP contribution in [0.4, 0.5) is 10.8 Å². The predicted octanol–water partition coefficient (Wildman–Crippen LogP) is 4.64. The van der Waals surface area contributed by atoms with E-state index in [0.717, 1.165) is 20.1 Å². The highest BCUT2D eigenvalue weighted by Crippen LogP contribution is 2.28. The molecule has 0 amide bonds. The number of aryl methyl sites for hydroxylation is 1. The van der Waals surface area contributed by atoms with Crippen LogP contribution in [-0.4, -0.2) is 17.6 Å². The number of hydrogen-bond acceptors (Lipinski definition) is 5. The van der Waals surface area contributed by atoms with Gasteiger partial charge in [0.25, 0.3) is 0 Å². The van der Waals surface area contributed by atoms with Crippen molar-refractivity contribution in [3.8, 4) is 0 Å². The molecule has 7 heteroatoms. The van der Waals surface area contributed by atoms with Crippen LogP contribution in [0.2, 0.25) is 5.02 Å². The number of thiazole rings is 1. The smallest absolute Gasteiger partial charge is 0.306 e. The van der Waals surface area contributed by atoms with Crippen molar-refractivity contribution >= 4 is 62.3 Å². The van der Waals surface area contributed by atoms with Gasteiger partial charge >= 0.3 is 5.97 Å². The van der Waals surface area contributed by atoms with Gasteiger partial charge in [0.05, 0.1) is 29.4 Å². The number of carbonyl (C=O) groups excluding carboxylic acids is 1. The molecular formula is C14H14ClIN2O2S. The Balaban J connectivity index is 1.95. The van der Waals surface area contributed by atoms with Crippen molar-refractivity contribution < 1.29 is 9.53 Å². The molecule has 0 bridgehead atoms. The number of halogens is 2.